The van der Waals surface area contributed by atoms with E-state index in [1.807, 2.05) is 37.3 Å². The summed E-state index contributed by atoms with van der Waals surface area (Å²) < 4.78 is 10.4. The van der Waals surface area contributed by atoms with Gasteiger partial charge in [0, 0.05) is 12.6 Å². The predicted molar refractivity (Wildman–Crippen MR) is 99.8 cm³/mol. The lowest BCUT2D eigenvalue weighted by Gasteiger charge is -2.25. The van der Waals surface area contributed by atoms with Crippen molar-refractivity contribution in [1.82, 2.24) is 9.88 Å². The highest BCUT2D eigenvalue weighted by Gasteiger charge is 2.19. The molecule has 1 heterocycles. The van der Waals surface area contributed by atoms with Gasteiger partial charge in [-0.25, -0.2) is 9.78 Å². The minimum absolute atomic E-state index is 0.112. The van der Waals surface area contributed by atoms with E-state index in [0.717, 1.165) is 11.1 Å². The molecule has 3 rings (SSSR count). The average molecular weight is 364 g/mol. The molecule has 1 aromatic heterocycles. The summed E-state index contributed by atoms with van der Waals surface area (Å²) in [5.74, 6) is -0.201. The number of nitrogens with zero attached hydrogens (tertiary/aromatic N) is 2. The Labute approximate surface area is 157 Å². The SMILES string of the molecule is CC(c1ccccc1)N(C)C(=O)COC(=O)c1ccc(-c2cnco2)cc1. The average Bonchev–Trinajstić information content (AvgIpc) is 3.26. The van der Waals surface area contributed by atoms with Crippen LogP contribution in [0.25, 0.3) is 11.3 Å². The van der Waals surface area contributed by atoms with Crippen LogP contribution in [-0.4, -0.2) is 35.4 Å². The molecule has 6 nitrogen and oxygen atoms in total. The van der Waals surface area contributed by atoms with Crippen LogP contribution in [0.15, 0.2) is 71.6 Å². The van der Waals surface area contributed by atoms with Crippen molar-refractivity contribution < 1.29 is 18.7 Å². The van der Waals surface area contributed by atoms with Gasteiger partial charge in [-0.1, -0.05) is 42.5 Å². The first kappa shape index (κ1) is 18.4. The molecule has 0 aliphatic heterocycles. The van der Waals surface area contributed by atoms with Crippen molar-refractivity contribution >= 4 is 11.9 Å². The molecule has 0 fully saturated rings. The largest absolute Gasteiger partial charge is 0.452 e. The zero-order chi connectivity index (χ0) is 19.2. The standard InChI is InChI=1S/C21H20N2O4/c1-15(16-6-4-3-5-7-16)23(2)20(24)13-26-21(25)18-10-8-17(9-11-18)19-12-22-14-27-19/h3-12,14-15H,13H2,1-2H3. The van der Waals surface area contributed by atoms with Crippen LogP contribution in [0.3, 0.4) is 0 Å². The second-order valence-electron chi connectivity index (χ2n) is 6.11. The van der Waals surface area contributed by atoms with Gasteiger partial charge in [0.05, 0.1) is 17.8 Å². The van der Waals surface area contributed by atoms with E-state index in [4.69, 9.17) is 9.15 Å². The van der Waals surface area contributed by atoms with Crippen LogP contribution in [-0.2, 0) is 9.53 Å². The van der Waals surface area contributed by atoms with Crippen molar-refractivity contribution in [2.24, 2.45) is 0 Å². The van der Waals surface area contributed by atoms with Gasteiger partial charge in [-0.3, -0.25) is 4.79 Å². The van der Waals surface area contributed by atoms with E-state index in [1.165, 1.54) is 6.39 Å². The van der Waals surface area contributed by atoms with Gasteiger partial charge in [-0.15, -0.1) is 0 Å². The van der Waals surface area contributed by atoms with Crippen LogP contribution in [0, 0.1) is 0 Å². The second-order valence-corrected chi connectivity index (χ2v) is 6.11. The van der Waals surface area contributed by atoms with E-state index in [-0.39, 0.29) is 18.6 Å². The third-order valence-electron chi connectivity index (χ3n) is 4.42. The molecule has 27 heavy (non-hydrogen) atoms. The van der Waals surface area contributed by atoms with Gasteiger partial charge >= 0.3 is 5.97 Å². The maximum Gasteiger partial charge on any atom is 0.338 e. The Morgan fingerprint density at radius 1 is 1.11 bits per heavy atom. The molecule has 0 aliphatic rings. The third kappa shape index (κ3) is 4.41. The highest BCUT2D eigenvalue weighted by Crippen LogP contribution is 2.20. The molecular formula is C21H20N2O4. The Morgan fingerprint density at radius 3 is 2.44 bits per heavy atom. The van der Waals surface area contributed by atoms with Gasteiger partial charge in [0.1, 0.15) is 0 Å². The van der Waals surface area contributed by atoms with Crippen molar-refractivity contribution in [2.75, 3.05) is 13.7 Å². The van der Waals surface area contributed by atoms with Crippen molar-refractivity contribution in [3.05, 3.63) is 78.3 Å². The van der Waals surface area contributed by atoms with Crippen LogP contribution in [0.1, 0.15) is 28.9 Å². The van der Waals surface area contributed by atoms with Gasteiger partial charge in [0.2, 0.25) is 0 Å². The number of benzene rings is 2. The van der Waals surface area contributed by atoms with E-state index in [0.29, 0.717) is 11.3 Å². The molecule has 0 saturated heterocycles. The van der Waals surface area contributed by atoms with Gasteiger partial charge in [-0.05, 0) is 24.6 Å². The number of oxazole rings is 1. The van der Waals surface area contributed by atoms with Crippen LogP contribution >= 0.6 is 0 Å². The number of ether oxygens (including phenoxy) is 1. The van der Waals surface area contributed by atoms with E-state index < -0.39 is 5.97 Å². The van der Waals surface area contributed by atoms with Gasteiger partial charge < -0.3 is 14.1 Å². The van der Waals surface area contributed by atoms with Crippen LogP contribution in [0.4, 0.5) is 0 Å². The van der Waals surface area contributed by atoms with Crippen LogP contribution in [0.5, 0.6) is 0 Å². The number of likely N-dealkylation sites (N-methyl/N-ethyl adjacent to an activating group) is 1. The summed E-state index contributed by atoms with van der Waals surface area (Å²) in [7, 11) is 1.69. The molecule has 6 heteroatoms. The zero-order valence-corrected chi connectivity index (χ0v) is 15.2. The number of hydrogen-bond donors (Lipinski definition) is 0. The van der Waals surface area contributed by atoms with Crippen molar-refractivity contribution in [1.29, 1.82) is 0 Å². The first-order valence-electron chi connectivity index (χ1n) is 8.53. The predicted octanol–water partition coefficient (Wildman–Crippen LogP) is 3.72. The normalized spacial score (nSPS) is 11.6. The lowest BCUT2D eigenvalue weighted by atomic mass is 10.1. The molecule has 1 amide bonds. The van der Waals surface area contributed by atoms with E-state index >= 15 is 0 Å². The van der Waals surface area contributed by atoms with Crippen molar-refractivity contribution in [2.45, 2.75) is 13.0 Å². The molecule has 1 atom stereocenters. The number of amides is 1. The summed E-state index contributed by atoms with van der Waals surface area (Å²) in [5.41, 5.74) is 2.18. The van der Waals surface area contributed by atoms with E-state index in [1.54, 1.807) is 42.4 Å². The molecule has 1 unspecified atom stereocenters. The number of carbonyl (C=O) groups excluding carboxylic acids is 2. The summed E-state index contributed by atoms with van der Waals surface area (Å²) in [6.45, 7) is 1.62. The molecule has 138 valence electrons. The third-order valence-corrected chi connectivity index (χ3v) is 4.42. The highest BCUT2D eigenvalue weighted by atomic mass is 16.5. The van der Waals surface area contributed by atoms with Crippen LogP contribution < -0.4 is 0 Å². The topological polar surface area (TPSA) is 72.6 Å². The van der Waals surface area contributed by atoms with E-state index in [2.05, 4.69) is 4.98 Å². The fourth-order valence-electron chi connectivity index (χ4n) is 2.61. The first-order chi connectivity index (χ1) is 13.1. The first-order valence-corrected chi connectivity index (χ1v) is 8.53. The monoisotopic (exact) mass is 364 g/mol. The number of carbonyl (C=O) groups is 2. The second kappa shape index (κ2) is 8.31. The molecule has 0 spiro atoms. The van der Waals surface area contributed by atoms with Gasteiger partial charge in [-0.2, -0.15) is 0 Å². The summed E-state index contributed by atoms with van der Waals surface area (Å²) in [6.07, 6.45) is 2.94. The number of esters is 1. The Balaban J connectivity index is 1.56. The van der Waals surface area contributed by atoms with Crippen molar-refractivity contribution in [3.63, 3.8) is 0 Å². The summed E-state index contributed by atoms with van der Waals surface area (Å²) >= 11 is 0. The quantitative estimate of drug-likeness (QED) is 0.623. The molecule has 3 aromatic rings. The maximum absolute atomic E-state index is 12.3. The van der Waals surface area contributed by atoms with Gasteiger partial charge in [0.25, 0.3) is 5.91 Å². The molecule has 0 aliphatic carbocycles. The lowest BCUT2D eigenvalue weighted by Crippen LogP contribution is -2.33. The highest BCUT2D eigenvalue weighted by molar-refractivity contribution is 5.91. The van der Waals surface area contributed by atoms with Crippen molar-refractivity contribution in [3.8, 4) is 11.3 Å². The summed E-state index contributed by atoms with van der Waals surface area (Å²) in [6, 6.07) is 16.3. The molecule has 0 N–H and O–H groups in total. The Kier molecular flexibility index (Phi) is 5.66. The fourth-order valence-corrected chi connectivity index (χ4v) is 2.61. The number of rotatable bonds is 6. The van der Waals surface area contributed by atoms with Crippen LogP contribution in [0.2, 0.25) is 0 Å². The molecule has 0 bridgehead atoms. The molecule has 0 radical (unpaired) electrons. The van der Waals surface area contributed by atoms with Gasteiger partial charge in [0.15, 0.2) is 18.8 Å². The number of aromatic nitrogens is 1. The zero-order valence-electron chi connectivity index (χ0n) is 15.2. The summed E-state index contributed by atoms with van der Waals surface area (Å²) in [4.78, 5) is 29.9. The number of hydrogen-bond acceptors (Lipinski definition) is 5. The molecule has 2 aromatic carbocycles. The Morgan fingerprint density at radius 2 is 1.81 bits per heavy atom. The Hall–Kier alpha value is -3.41. The molecule has 0 saturated carbocycles. The lowest BCUT2D eigenvalue weighted by molar-refractivity contribution is -0.135. The summed E-state index contributed by atoms with van der Waals surface area (Å²) in [5, 5.41) is 0. The Bertz CT molecular complexity index is 890. The smallest absolute Gasteiger partial charge is 0.338 e. The molecular weight excluding hydrogens is 344 g/mol. The van der Waals surface area contributed by atoms with E-state index in [9.17, 15) is 9.59 Å². The minimum Gasteiger partial charge on any atom is -0.452 e. The maximum atomic E-state index is 12.3. The fraction of sp³-hybridized carbons (Fsp3) is 0.190. The minimum atomic E-state index is -0.548.